The van der Waals surface area contributed by atoms with Gasteiger partial charge >= 0.3 is 0 Å². The van der Waals surface area contributed by atoms with E-state index in [2.05, 4.69) is 12.2 Å². The third-order valence-electron chi connectivity index (χ3n) is 3.61. The molecular formula is C14H18ClFN2O2. The molecule has 0 aromatic heterocycles. The molecular weight excluding hydrogens is 283 g/mol. The van der Waals surface area contributed by atoms with Crippen LogP contribution in [0.3, 0.4) is 0 Å². The van der Waals surface area contributed by atoms with Crippen LogP contribution in [-0.4, -0.2) is 17.5 Å². The van der Waals surface area contributed by atoms with Crippen molar-refractivity contribution in [3.8, 4) is 0 Å². The van der Waals surface area contributed by atoms with Gasteiger partial charge in [0, 0.05) is 17.7 Å². The van der Waals surface area contributed by atoms with E-state index >= 15 is 0 Å². The summed E-state index contributed by atoms with van der Waals surface area (Å²) in [5.74, 6) is -0.0581. The Morgan fingerprint density at radius 1 is 1.55 bits per heavy atom. The number of nitrogens with zero attached hydrogens (tertiary/aromatic N) is 1. The van der Waals surface area contributed by atoms with Crippen molar-refractivity contribution in [1.29, 1.82) is 0 Å². The zero-order chi connectivity index (χ0) is 14.7. The lowest BCUT2D eigenvalue weighted by Crippen LogP contribution is -2.33. The lowest BCUT2D eigenvalue weighted by atomic mass is 10.00. The first-order valence-corrected chi connectivity index (χ1v) is 7.26. The summed E-state index contributed by atoms with van der Waals surface area (Å²) in [5, 5.41) is 14.3. The highest BCUT2D eigenvalue weighted by atomic mass is 35.5. The quantitative estimate of drug-likeness (QED) is 0.617. The number of hydrogen-bond donors (Lipinski definition) is 1. The fourth-order valence-electron chi connectivity index (χ4n) is 2.38. The number of benzene rings is 1. The zero-order valence-electron chi connectivity index (χ0n) is 11.4. The molecule has 0 amide bonds. The van der Waals surface area contributed by atoms with Gasteiger partial charge in [0.2, 0.25) is 0 Å². The molecule has 1 unspecified atom stereocenters. The van der Waals surface area contributed by atoms with Crippen LogP contribution in [-0.2, 0) is 6.42 Å². The number of nitro benzene ring substituents is 1. The highest BCUT2D eigenvalue weighted by molar-refractivity contribution is 6.31. The molecule has 2 rings (SSSR count). The molecule has 4 nitrogen and oxygen atoms in total. The average Bonchev–Trinajstić information content (AvgIpc) is 3.22. The van der Waals surface area contributed by atoms with Crippen LogP contribution in [0, 0.1) is 21.8 Å². The Balaban J connectivity index is 2.21. The average molecular weight is 301 g/mol. The molecule has 6 heteroatoms. The van der Waals surface area contributed by atoms with E-state index in [9.17, 15) is 14.5 Å². The molecule has 1 aliphatic carbocycles. The number of nitrogens with one attached hydrogen (secondary N) is 1. The predicted octanol–water partition coefficient (Wildman–Crippen LogP) is 3.71. The van der Waals surface area contributed by atoms with Gasteiger partial charge in [-0.2, -0.15) is 0 Å². The Bertz CT molecular complexity index is 506. The smallest absolute Gasteiger partial charge is 0.274 e. The minimum absolute atomic E-state index is 0.0969. The van der Waals surface area contributed by atoms with Crippen molar-refractivity contribution in [1.82, 2.24) is 5.32 Å². The Morgan fingerprint density at radius 3 is 2.80 bits per heavy atom. The van der Waals surface area contributed by atoms with Gasteiger partial charge in [0.25, 0.3) is 5.69 Å². The Hall–Kier alpha value is -1.20. The van der Waals surface area contributed by atoms with Gasteiger partial charge in [-0.25, -0.2) is 4.39 Å². The van der Waals surface area contributed by atoms with E-state index in [1.54, 1.807) is 0 Å². The lowest BCUT2D eigenvalue weighted by molar-refractivity contribution is -0.385. The van der Waals surface area contributed by atoms with E-state index in [0.717, 1.165) is 31.9 Å². The molecule has 0 radical (unpaired) electrons. The molecule has 1 aromatic rings. The SMILES string of the molecule is CCCNC(Cc1cc(F)c(Cl)cc1[N+](=O)[O-])C1CC1. The predicted molar refractivity (Wildman–Crippen MR) is 76.6 cm³/mol. The van der Waals surface area contributed by atoms with Crippen molar-refractivity contribution >= 4 is 17.3 Å². The maximum Gasteiger partial charge on any atom is 0.274 e. The van der Waals surface area contributed by atoms with Crippen molar-refractivity contribution in [2.45, 2.75) is 38.6 Å². The second kappa shape index (κ2) is 6.50. The molecule has 1 aromatic carbocycles. The van der Waals surface area contributed by atoms with Gasteiger partial charge in [-0.05, 0) is 44.2 Å². The molecule has 1 saturated carbocycles. The Labute approximate surface area is 122 Å². The van der Waals surface area contributed by atoms with E-state index in [-0.39, 0.29) is 16.8 Å². The zero-order valence-corrected chi connectivity index (χ0v) is 12.1. The highest BCUT2D eigenvalue weighted by Crippen LogP contribution is 2.36. The third kappa shape index (κ3) is 3.67. The van der Waals surface area contributed by atoms with Crippen molar-refractivity contribution < 1.29 is 9.31 Å². The van der Waals surface area contributed by atoms with Crippen LogP contribution in [0.15, 0.2) is 12.1 Å². The van der Waals surface area contributed by atoms with Gasteiger partial charge < -0.3 is 5.32 Å². The summed E-state index contributed by atoms with van der Waals surface area (Å²) < 4.78 is 13.6. The van der Waals surface area contributed by atoms with E-state index in [1.807, 2.05) is 0 Å². The first kappa shape index (κ1) is 15.2. The molecule has 0 spiro atoms. The van der Waals surface area contributed by atoms with Crippen molar-refractivity contribution in [3.63, 3.8) is 0 Å². The fraction of sp³-hybridized carbons (Fsp3) is 0.571. The molecule has 1 atom stereocenters. The number of halogens is 2. The van der Waals surface area contributed by atoms with E-state index in [4.69, 9.17) is 11.6 Å². The first-order valence-electron chi connectivity index (χ1n) is 6.88. The number of rotatable bonds is 7. The second-order valence-corrected chi connectivity index (χ2v) is 5.66. The summed E-state index contributed by atoms with van der Waals surface area (Å²) in [6.45, 7) is 2.94. The van der Waals surface area contributed by atoms with E-state index in [1.165, 1.54) is 6.07 Å². The molecule has 1 fully saturated rings. The Kier molecular flexibility index (Phi) is 4.94. The lowest BCUT2D eigenvalue weighted by Gasteiger charge is -2.18. The molecule has 0 saturated heterocycles. The largest absolute Gasteiger partial charge is 0.313 e. The van der Waals surface area contributed by atoms with Crippen LogP contribution in [0.1, 0.15) is 31.7 Å². The van der Waals surface area contributed by atoms with Crippen LogP contribution >= 0.6 is 11.6 Å². The molecule has 0 bridgehead atoms. The molecule has 110 valence electrons. The summed E-state index contributed by atoms with van der Waals surface area (Å²) in [6.07, 6.45) is 3.73. The molecule has 0 heterocycles. The van der Waals surface area contributed by atoms with Gasteiger partial charge in [-0.15, -0.1) is 0 Å². The van der Waals surface area contributed by atoms with Crippen LogP contribution in [0.5, 0.6) is 0 Å². The first-order chi connectivity index (χ1) is 9.52. The van der Waals surface area contributed by atoms with Crippen LogP contribution in [0.2, 0.25) is 5.02 Å². The Morgan fingerprint density at radius 2 is 2.25 bits per heavy atom. The maximum atomic E-state index is 13.6. The summed E-state index contributed by atoms with van der Waals surface area (Å²) in [6, 6.07) is 2.48. The van der Waals surface area contributed by atoms with Gasteiger partial charge in [0.1, 0.15) is 5.82 Å². The second-order valence-electron chi connectivity index (χ2n) is 5.25. The summed E-state index contributed by atoms with van der Waals surface area (Å²) in [4.78, 5) is 10.6. The van der Waals surface area contributed by atoms with Crippen molar-refractivity contribution in [3.05, 3.63) is 38.7 Å². The molecule has 0 aliphatic heterocycles. The standard InChI is InChI=1S/C14H18ClFN2O2/c1-2-5-17-13(9-3-4-9)7-10-6-12(16)11(15)8-14(10)18(19)20/h6,8-9,13,17H,2-5,7H2,1H3. The van der Waals surface area contributed by atoms with Gasteiger partial charge in [-0.1, -0.05) is 18.5 Å². The van der Waals surface area contributed by atoms with Gasteiger partial charge in [0.05, 0.1) is 9.95 Å². The highest BCUT2D eigenvalue weighted by Gasteiger charge is 2.32. The van der Waals surface area contributed by atoms with Gasteiger partial charge in [0.15, 0.2) is 0 Å². The van der Waals surface area contributed by atoms with Crippen molar-refractivity contribution in [2.24, 2.45) is 5.92 Å². The van der Waals surface area contributed by atoms with Crippen molar-refractivity contribution in [2.75, 3.05) is 6.54 Å². The number of hydrogen-bond acceptors (Lipinski definition) is 3. The molecule has 1 N–H and O–H groups in total. The number of nitro groups is 1. The fourth-order valence-corrected chi connectivity index (χ4v) is 2.54. The minimum atomic E-state index is -0.600. The van der Waals surface area contributed by atoms with Crippen LogP contribution in [0.4, 0.5) is 10.1 Å². The topological polar surface area (TPSA) is 55.2 Å². The van der Waals surface area contributed by atoms with E-state index in [0.29, 0.717) is 17.9 Å². The minimum Gasteiger partial charge on any atom is -0.313 e. The summed E-state index contributed by atoms with van der Waals surface area (Å²) in [7, 11) is 0. The van der Waals surface area contributed by atoms with Crippen LogP contribution in [0.25, 0.3) is 0 Å². The van der Waals surface area contributed by atoms with Gasteiger partial charge in [-0.3, -0.25) is 10.1 Å². The summed E-state index contributed by atoms with van der Waals surface area (Å²) in [5.41, 5.74) is 0.317. The monoisotopic (exact) mass is 300 g/mol. The van der Waals surface area contributed by atoms with Crippen LogP contribution < -0.4 is 5.32 Å². The summed E-state index contributed by atoms with van der Waals surface area (Å²) >= 11 is 5.63. The maximum absolute atomic E-state index is 13.6. The molecule has 20 heavy (non-hydrogen) atoms. The third-order valence-corrected chi connectivity index (χ3v) is 3.90. The van der Waals surface area contributed by atoms with E-state index < -0.39 is 10.7 Å². The molecule has 1 aliphatic rings. The normalized spacial score (nSPS) is 16.1.